The zero-order valence-electron chi connectivity index (χ0n) is 16.5. The summed E-state index contributed by atoms with van der Waals surface area (Å²) in [7, 11) is 1.35. The SMILES string of the molecule is COC(=O)c1ccc(C)c(NC(=O)C[NH+]2CCC[C@@H]2c2nc3ccccc3s2)c1. The number of carbonyl (C=O) groups is 2. The van der Waals surface area contributed by atoms with E-state index < -0.39 is 5.97 Å². The highest BCUT2D eigenvalue weighted by Gasteiger charge is 2.34. The van der Waals surface area contributed by atoms with Crippen molar-refractivity contribution in [2.75, 3.05) is 25.5 Å². The maximum Gasteiger partial charge on any atom is 0.337 e. The molecule has 1 aliphatic rings. The van der Waals surface area contributed by atoms with Gasteiger partial charge in [-0.3, -0.25) is 4.79 Å². The van der Waals surface area contributed by atoms with Crippen molar-refractivity contribution >= 4 is 39.1 Å². The number of fused-ring (bicyclic) bond motifs is 1. The number of aryl methyl sites for hydroxylation is 1. The van der Waals surface area contributed by atoms with Crippen LogP contribution in [0.2, 0.25) is 0 Å². The number of carbonyl (C=O) groups excluding carboxylic acids is 2. The van der Waals surface area contributed by atoms with Gasteiger partial charge in [-0.1, -0.05) is 18.2 Å². The lowest BCUT2D eigenvalue weighted by molar-refractivity contribution is -0.910. The molecule has 2 N–H and O–H groups in total. The third kappa shape index (κ3) is 4.16. The summed E-state index contributed by atoms with van der Waals surface area (Å²) in [5.41, 5.74) is 3.01. The van der Waals surface area contributed by atoms with Gasteiger partial charge in [-0.15, -0.1) is 11.3 Å². The fraction of sp³-hybridized carbons (Fsp3) is 0.318. The number of benzene rings is 2. The van der Waals surface area contributed by atoms with Crippen LogP contribution in [0.4, 0.5) is 5.69 Å². The number of aromatic nitrogens is 1. The highest BCUT2D eigenvalue weighted by atomic mass is 32.1. The number of likely N-dealkylation sites (tertiary alicyclic amines) is 1. The van der Waals surface area contributed by atoms with Gasteiger partial charge < -0.3 is 15.0 Å². The van der Waals surface area contributed by atoms with Crippen LogP contribution in [0.5, 0.6) is 0 Å². The smallest absolute Gasteiger partial charge is 0.337 e. The molecule has 1 unspecified atom stereocenters. The van der Waals surface area contributed by atoms with Crippen LogP contribution in [0, 0.1) is 6.92 Å². The van der Waals surface area contributed by atoms with Crippen molar-refractivity contribution in [1.29, 1.82) is 0 Å². The first kappa shape index (κ1) is 19.5. The third-order valence-electron chi connectivity index (χ3n) is 5.41. The van der Waals surface area contributed by atoms with E-state index in [1.807, 2.05) is 31.2 Å². The molecule has 150 valence electrons. The molecule has 1 aromatic heterocycles. The summed E-state index contributed by atoms with van der Waals surface area (Å²) in [5.74, 6) is -0.473. The molecule has 0 aliphatic carbocycles. The van der Waals surface area contributed by atoms with E-state index in [0.29, 0.717) is 17.8 Å². The highest BCUT2D eigenvalue weighted by molar-refractivity contribution is 7.18. The Kier molecular flexibility index (Phi) is 5.60. The molecule has 1 aliphatic heterocycles. The van der Waals surface area contributed by atoms with Crippen molar-refractivity contribution in [3.8, 4) is 0 Å². The third-order valence-corrected chi connectivity index (χ3v) is 6.56. The molecular formula is C22H24N3O3S+. The van der Waals surface area contributed by atoms with Gasteiger partial charge in [0.1, 0.15) is 6.04 Å². The Bertz CT molecular complexity index is 1030. The number of quaternary nitrogens is 1. The maximum absolute atomic E-state index is 12.8. The molecule has 7 heteroatoms. The topological polar surface area (TPSA) is 72.7 Å². The summed E-state index contributed by atoms with van der Waals surface area (Å²) in [6, 6.07) is 13.6. The van der Waals surface area contributed by atoms with Crippen molar-refractivity contribution in [2.24, 2.45) is 0 Å². The monoisotopic (exact) mass is 410 g/mol. The minimum Gasteiger partial charge on any atom is -0.465 e. The van der Waals surface area contributed by atoms with Crippen LogP contribution in [0.25, 0.3) is 10.2 Å². The summed E-state index contributed by atoms with van der Waals surface area (Å²) >= 11 is 1.72. The van der Waals surface area contributed by atoms with Crippen molar-refractivity contribution in [1.82, 2.24) is 4.98 Å². The second-order valence-electron chi connectivity index (χ2n) is 7.37. The number of nitrogens with zero attached hydrogens (tertiary/aromatic N) is 1. The highest BCUT2D eigenvalue weighted by Crippen LogP contribution is 2.28. The lowest BCUT2D eigenvalue weighted by atomic mass is 10.1. The van der Waals surface area contributed by atoms with Gasteiger partial charge in [-0.2, -0.15) is 0 Å². The van der Waals surface area contributed by atoms with Gasteiger partial charge in [-0.25, -0.2) is 9.78 Å². The van der Waals surface area contributed by atoms with Crippen LogP contribution in [0.3, 0.4) is 0 Å². The number of hydrogen-bond acceptors (Lipinski definition) is 5. The van der Waals surface area contributed by atoms with E-state index >= 15 is 0 Å². The standard InChI is InChI=1S/C22H23N3O3S/c1-14-9-10-15(22(27)28-2)12-17(14)23-20(26)13-25-11-5-7-18(25)21-24-16-6-3-4-8-19(16)29-21/h3-4,6,8-10,12,18H,5,7,11,13H2,1-2H3,(H,23,26)/p+1/t18-/m1/s1. The molecule has 0 radical (unpaired) electrons. The van der Waals surface area contributed by atoms with Gasteiger partial charge >= 0.3 is 5.97 Å². The molecule has 6 nitrogen and oxygen atoms in total. The first-order valence-electron chi connectivity index (χ1n) is 9.74. The zero-order chi connectivity index (χ0) is 20.4. The fourth-order valence-corrected chi connectivity index (χ4v) is 5.02. The Balaban J connectivity index is 1.47. The maximum atomic E-state index is 12.8. The molecule has 4 rings (SSSR count). The van der Waals surface area contributed by atoms with E-state index in [4.69, 9.17) is 9.72 Å². The molecule has 2 aromatic carbocycles. The second-order valence-corrected chi connectivity index (χ2v) is 8.43. The van der Waals surface area contributed by atoms with Gasteiger partial charge in [0, 0.05) is 18.5 Å². The van der Waals surface area contributed by atoms with E-state index in [2.05, 4.69) is 11.4 Å². The molecule has 0 spiro atoms. The van der Waals surface area contributed by atoms with Crippen molar-refractivity contribution in [3.63, 3.8) is 0 Å². The van der Waals surface area contributed by atoms with E-state index in [0.717, 1.165) is 35.5 Å². The molecule has 29 heavy (non-hydrogen) atoms. The minimum absolute atomic E-state index is 0.0573. The fourth-order valence-electron chi connectivity index (χ4n) is 3.86. The quantitative estimate of drug-likeness (QED) is 0.635. The molecule has 0 bridgehead atoms. The first-order valence-corrected chi connectivity index (χ1v) is 10.6. The molecule has 1 amide bonds. The number of para-hydroxylation sites is 1. The number of rotatable bonds is 5. The van der Waals surface area contributed by atoms with Gasteiger partial charge in [0.05, 0.1) is 29.4 Å². The summed E-state index contributed by atoms with van der Waals surface area (Å²) in [4.78, 5) is 30.6. The van der Waals surface area contributed by atoms with E-state index in [9.17, 15) is 9.59 Å². The summed E-state index contributed by atoms with van der Waals surface area (Å²) < 4.78 is 5.96. The number of nitrogens with one attached hydrogen (secondary N) is 2. The van der Waals surface area contributed by atoms with Gasteiger partial charge in [0.2, 0.25) is 0 Å². The van der Waals surface area contributed by atoms with Crippen molar-refractivity contribution in [3.05, 3.63) is 58.6 Å². The van der Waals surface area contributed by atoms with Crippen LogP contribution in [0.1, 0.15) is 39.8 Å². The Morgan fingerprint density at radius 2 is 2.10 bits per heavy atom. The first-order chi connectivity index (χ1) is 14.0. The molecule has 0 saturated carbocycles. The lowest BCUT2D eigenvalue weighted by Gasteiger charge is -2.19. The van der Waals surface area contributed by atoms with Crippen molar-refractivity contribution in [2.45, 2.75) is 25.8 Å². The van der Waals surface area contributed by atoms with E-state index in [1.165, 1.54) is 16.7 Å². The summed E-state index contributed by atoms with van der Waals surface area (Å²) in [5, 5.41) is 4.08. The number of methoxy groups -OCH3 is 1. The average Bonchev–Trinajstić information content (AvgIpc) is 3.35. The van der Waals surface area contributed by atoms with Crippen LogP contribution in [-0.2, 0) is 9.53 Å². The number of amides is 1. The van der Waals surface area contributed by atoms with Crippen LogP contribution >= 0.6 is 11.3 Å². The molecule has 2 atom stereocenters. The Morgan fingerprint density at radius 3 is 2.90 bits per heavy atom. The predicted molar refractivity (Wildman–Crippen MR) is 113 cm³/mol. The zero-order valence-corrected chi connectivity index (χ0v) is 17.3. The summed E-state index contributed by atoms with van der Waals surface area (Å²) in [6.45, 7) is 3.24. The average molecular weight is 411 g/mol. The largest absolute Gasteiger partial charge is 0.465 e. The van der Waals surface area contributed by atoms with E-state index in [-0.39, 0.29) is 11.9 Å². The number of esters is 1. The Labute approximate surface area is 173 Å². The second kappa shape index (κ2) is 8.31. The van der Waals surface area contributed by atoms with Crippen molar-refractivity contribution < 1.29 is 19.2 Å². The number of ether oxygens (including phenoxy) is 1. The molecular weight excluding hydrogens is 386 g/mol. The predicted octanol–water partition coefficient (Wildman–Crippen LogP) is 2.75. The molecule has 3 aromatic rings. The number of thiazole rings is 1. The van der Waals surface area contributed by atoms with Gasteiger partial charge in [0.15, 0.2) is 11.6 Å². The minimum atomic E-state index is -0.415. The molecule has 1 saturated heterocycles. The van der Waals surface area contributed by atoms with Crippen LogP contribution in [0.15, 0.2) is 42.5 Å². The lowest BCUT2D eigenvalue weighted by Crippen LogP contribution is -3.11. The van der Waals surface area contributed by atoms with Gasteiger partial charge in [-0.05, 0) is 36.8 Å². The van der Waals surface area contributed by atoms with Crippen LogP contribution < -0.4 is 10.2 Å². The normalized spacial score (nSPS) is 18.7. The Hall–Kier alpha value is -2.77. The number of hydrogen-bond donors (Lipinski definition) is 2. The summed E-state index contributed by atoms with van der Waals surface area (Å²) in [6.07, 6.45) is 2.12. The van der Waals surface area contributed by atoms with E-state index in [1.54, 1.807) is 23.5 Å². The Morgan fingerprint density at radius 1 is 1.28 bits per heavy atom. The molecule has 2 heterocycles. The van der Waals surface area contributed by atoms with Gasteiger partial charge in [0.25, 0.3) is 5.91 Å². The molecule has 1 fully saturated rings. The number of anilines is 1. The van der Waals surface area contributed by atoms with Crippen LogP contribution in [-0.4, -0.2) is 37.1 Å².